The molecule has 0 amide bonds. The third-order valence-electron chi connectivity index (χ3n) is 2.60. The predicted octanol–water partition coefficient (Wildman–Crippen LogP) is 1.90. The zero-order chi connectivity index (χ0) is 6.81. The molecule has 0 aromatic rings. The van der Waals surface area contributed by atoms with Crippen molar-refractivity contribution in [2.45, 2.75) is 38.2 Å². The Hall–Kier alpha value is -0.0800. The maximum Gasteiger partial charge on any atom is 0.0958 e. The molecule has 0 bridgehead atoms. The summed E-state index contributed by atoms with van der Waals surface area (Å²) in [5, 5.41) is 0. The summed E-state index contributed by atoms with van der Waals surface area (Å²) in [5.74, 6) is 0.808. The molecule has 2 nitrogen and oxygen atoms in total. The van der Waals surface area contributed by atoms with E-state index in [9.17, 15) is 0 Å². The third-order valence-corrected chi connectivity index (χ3v) is 2.60. The Morgan fingerprint density at radius 2 is 1.90 bits per heavy atom. The van der Waals surface area contributed by atoms with Crippen molar-refractivity contribution in [1.82, 2.24) is 0 Å². The van der Waals surface area contributed by atoms with E-state index < -0.39 is 0 Å². The van der Waals surface area contributed by atoms with Gasteiger partial charge < -0.3 is 0 Å². The largest absolute Gasteiger partial charge is 0.236 e. The minimum absolute atomic E-state index is 0.433. The lowest BCUT2D eigenvalue weighted by molar-refractivity contribution is -0.362. The lowest BCUT2D eigenvalue weighted by Gasteiger charge is -2.33. The average Bonchev–Trinajstić information content (AvgIpc) is 2.05. The molecule has 1 aliphatic carbocycles. The fourth-order valence-electron chi connectivity index (χ4n) is 1.97. The summed E-state index contributed by atoms with van der Waals surface area (Å²) in [7, 11) is 0. The Bertz CT molecular complexity index is 87.8. The first-order valence-corrected chi connectivity index (χ1v) is 4.25. The van der Waals surface area contributed by atoms with E-state index in [4.69, 9.17) is 9.78 Å². The van der Waals surface area contributed by atoms with Gasteiger partial charge in [-0.2, -0.15) is 0 Å². The van der Waals surface area contributed by atoms with Crippen LogP contribution in [0.1, 0.15) is 32.1 Å². The second-order valence-corrected chi connectivity index (χ2v) is 3.29. The van der Waals surface area contributed by atoms with E-state index in [0.717, 1.165) is 12.5 Å². The molecule has 10 heavy (non-hydrogen) atoms. The van der Waals surface area contributed by atoms with E-state index in [1.807, 2.05) is 0 Å². The van der Waals surface area contributed by atoms with E-state index >= 15 is 0 Å². The molecule has 2 unspecified atom stereocenters. The second-order valence-electron chi connectivity index (χ2n) is 3.29. The highest BCUT2D eigenvalue weighted by Gasteiger charge is 2.29. The Labute approximate surface area is 61.4 Å². The van der Waals surface area contributed by atoms with Crippen LogP contribution in [0, 0.1) is 5.92 Å². The van der Waals surface area contributed by atoms with Crippen molar-refractivity contribution in [3.8, 4) is 0 Å². The second kappa shape index (κ2) is 2.89. The smallest absolute Gasteiger partial charge is 0.0958 e. The number of rotatable bonds is 0. The summed E-state index contributed by atoms with van der Waals surface area (Å²) in [6.45, 7) is 0.807. The van der Waals surface area contributed by atoms with Gasteiger partial charge in [0.1, 0.15) is 0 Å². The van der Waals surface area contributed by atoms with Gasteiger partial charge in [0.15, 0.2) is 0 Å². The van der Waals surface area contributed by atoms with Crippen LogP contribution in [0.5, 0.6) is 0 Å². The van der Waals surface area contributed by atoms with Gasteiger partial charge in [0.25, 0.3) is 0 Å². The molecule has 58 valence electrons. The van der Waals surface area contributed by atoms with Crippen molar-refractivity contribution in [2.75, 3.05) is 6.61 Å². The first-order valence-electron chi connectivity index (χ1n) is 4.25. The van der Waals surface area contributed by atoms with Crippen molar-refractivity contribution in [3.63, 3.8) is 0 Å². The van der Waals surface area contributed by atoms with Gasteiger partial charge >= 0.3 is 0 Å². The quantitative estimate of drug-likeness (QED) is 0.481. The lowest BCUT2D eigenvalue weighted by atomic mass is 9.84. The molecule has 2 atom stereocenters. The molecular formula is C8H14O2. The van der Waals surface area contributed by atoms with Crippen LogP contribution in [0.25, 0.3) is 0 Å². The number of fused-ring (bicyclic) bond motifs is 1. The van der Waals surface area contributed by atoms with E-state index in [1.165, 1.54) is 32.1 Å². The van der Waals surface area contributed by atoms with Gasteiger partial charge in [0.2, 0.25) is 0 Å². The molecule has 2 fully saturated rings. The summed E-state index contributed by atoms with van der Waals surface area (Å²) in [6.07, 6.45) is 6.93. The van der Waals surface area contributed by atoms with Crippen molar-refractivity contribution < 1.29 is 9.78 Å². The Kier molecular flexibility index (Phi) is 1.91. The Morgan fingerprint density at radius 3 is 2.80 bits per heavy atom. The van der Waals surface area contributed by atoms with Crippen LogP contribution in [-0.2, 0) is 9.78 Å². The zero-order valence-corrected chi connectivity index (χ0v) is 6.21. The van der Waals surface area contributed by atoms with Crippen LogP contribution in [0.15, 0.2) is 0 Å². The van der Waals surface area contributed by atoms with E-state index in [1.54, 1.807) is 0 Å². The molecule has 1 aliphatic heterocycles. The van der Waals surface area contributed by atoms with Gasteiger partial charge in [0, 0.05) is 0 Å². The van der Waals surface area contributed by atoms with E-state index in [-0.39, 0.29) is 0 Å². The van der Waals surface area contributed by atoms with Crippen LogP contribution in [-0.4, -0.2) is 12.7 Å². The van der Waals surface area contributed by atoms with E-state index in [2.05, 4.69) is 0 Å². The molecule has 1 heterocycles. The SMILES string of the molecule is C1CCC2OOCCC2C1. The number of hydrogen-bond donors (Lipinski definition) is 0. The first kappa shape index (κ1) is 6.62. The Morgan fingerprint density at radius 1 is 1.00 bits per heavy atom. The number of hydrogen-bond acceptors (Lipinski definition) is 2. The fourth-order valence-corrected chi connectivity index (χ4v) is 1.97. The zero-order valence-electron chi connectivity index (χ0n) is 6.21. The topological polar surface area (TPSA) is 18.5 Å². The molecule has 2 aliphatic rings. The van der Waals surface area contributed by atoms with Gasteiger partial charge in [-0.1, -0.05) is 12.8 Å². The molecule has 2 rings (SSSR count). The molecule has 0 aromatic carbocycles. The standard InChI is InChI=1S/C8H14O2/c1-2-4-8-7(3-1)5-6-9-10-8/h7-8H,1-6H2. The Balaban J connectivity index is 1.93. The van der Waals surface area contributed by atoms with Crippen LogP contribution < -0.4 is 0 Å². The maximum atomic E-state index is 5.18. The minimum atomic E-state index is 0.433. The molecule has 1 saturated carbocycles. The van der Waals surface area contributed by atoms with E-state index in [0.29, 0.717) is 6.10 Å². The highest BCUT2D eigenvalue weighted by molar-refractivity contribution is 4.76. The predicted molar refractivity (Wildman–Crippen MR) is 37.4 cm³/mol. The molecule has 1 saturated heterocycles. The van der Waals surface area contributed by atoms with Crippen molar-refractivity contribution >= 4 is 0 Å². The van der Waals surface area contributed by atoms with Crippen molar-refractivity contribution in [1.29, 1.82) is 0 Å². The van der Waals surface area contributed by atoms with Crippen LogP contribution in [0.3, 0.4) is 0 Å². The van der Waals surface area contributed by atoms with Crippen LogP contribution in [0.2, 0.25) is 0 Å². The average molecular weight is 142 g/mol. The first-order chi connectivity index (χ1) is 4.97. The monoisotopic (exact) mass is 142 g/mol. The van der Waals surface area contributed by atoms with Crippen molar-refractivity contribution in [2.24, 2.45) is 5.92 Å². The minimum Gasteiger partial charge on any atom is -0.236 e. The highest BCUT2D eigenvalue weighted by atomic mass is 17.2. The summed E-state index contributed by atoms with van der Waals surface area (Å²) in [5.41, 5.74) is 0. The normalized spacial score (nSPS) is 40.8. The molecule has 0 spiro atoms. The highest BCUT2D eigenvalue weighted by Crippen LogP contribution is 2.31. The summed E-state index contributed by atoms with van der Waals surface area (Å²) in [4.78, 5) is 10.1. The lowest BCUT2D eigenvalue weighted by Crippen LogP contribution is -2.33. The van der Waals surface area contributed by atoms with Gasteiger partial charge in [-0.3, -0.25) is 0 Å². The van der Waals surface area contributed by atoms with Gasteiger partial charge in [-0.05, 0) is 25.2 Å². The van der Waals surface area contributed by atoms with Gasteiger partial charge in [-0.15, -0.1) is 0 Å². The van der Waals surface area contributed by atoms with Crippen LogP contribution >= 0.6 is 0 Å². The van der Waals surface area contributed by atoms with Crippen LogP contribution in [0.4, 0.5) is 0 Å². The van der Waals surface area contributed by atoms with Gasteiger partial charge in [0.05, 0.1) is 12.7 Å². The summed E-state index contributed by atoms with van der Waals surface area (Å²) >= 11 is 0. The fraction of sp³-hybridized carbons (Fsp3) is 1.00. The molecule has 0 N–H and O–H groups in total. The van der Waals surface area contributed by atoms with Crippen molar-refractivity contribution in [3.05, 3.63) is 0 Å². The molecule has 2 heteroatoms. The maximum absolute atomic E-state index is 5.18. The third kappa shape index (κ3) is 1.18. The molecule has 0 radical (unpaired) electrons. The summed E-state index contributed by atoms with van der Waals surface area (Å²) < 4.78 is 0. The summed E-state index contributed by atoms with van der Waals surface area (Å²) in [6, 6.07) is 0. The molecular weight excluding hydrogens is 128 g/mol. The van der Waals surface area contributed by atoms with Gasteiger partial charge in [-0.25, -0.2) is 9.78 Å². The molecule has 0 aromatic heterocycles.